The van der Waals surface area contributed by atoms with E-state index in [9.17, 15) is 0 Å². The smallest absolute Gasteiger partial charge is 0.0332 e. The first-order valence-corrected chi connectivity index (χ1v) is 8.14. The predicted octanol–water partition coefficient (Wildman–Crippen LogP) is 3.63. The van der Waals surface area contributed by atoms with Crippen LogP contribution in [0.15, 0.2) is 30.3 Å². The highest BCUT2D eigenvalue weighted by Gasteiger charge is 2.49. The minimum atomic E-state index is 0.123. The van der Waals surface area contributed by atoms with Crippen LogP contribution >= 0.6 is 0 Å². The first-order chi connectivity index (χ1) is 9.58. The fourth-order valence-electron chi connectivity index (χ4n) is 3.77. The average Bonchev–Trinajstić information content (AvgIpc) is 3.28. The van der Waals surface area contributed by atoms with Gasteiger partial charge in [-0.05, 0) is 50.3 Å². The van der Waals surface area contributed by atoms with Crippen LogP contribution in [0.5, 0.6) is 0 Å². The fraction of sp³-hybridized carbons (Fsp3) is 0.667. The van der Waals surface area contributed by atoms with E-state index < -0.39 is 0 Å². The summed E-state index contributed by atoms with van der Waals surface area (Å²) in [6.07, 6.45) is 2.37. The highest BCUT2D eigenvalue weighted by atomic mass is 15.2. The molecule has 4 atom stereocenters. The molecule has 0 saturated heterocycles. The molecule has 1 aromatic carbocycles. The van der Waals surface area contributed by atoms with Crippen LogP contribution in [0.1, 0.15) is 52.0 Å². The zero-order valence-corrected chi connectivity index (χ0v) is 13.5. The first kappa shape index (κ1) is 15.5. The highest BCUT2D eigenvalue weighted by Crippen LogP contribution is 2.51. The van der Waals surface area contributed by atoms with E-state index in [0.29, 0.717) is 11.8 Å². The predicted molar refractivity (Wildman–Crippen MR) is 86.9 cm³/mol. The van der Waals surface area contributed by atoms with Crippen molar-refractivity contribution < 1.29 is 0 Å². The fourth-order valence-corrected chi connectivity index (χ4v) is 3.77. The Kier molecular flexibility index (Phi) is 4.87. The molecule has 2 rings (SSSR count). The average molecular weight is 274 g/mol. The van der Waals surface area contributed by atoms with Crippen molar-refractivity contribution in [1.82, 2.24) is 4.90 Å². The SMILES string of the molecule is CCN(CC)C(C)(CC)C(N)C1CC1c1ccccc1. The van der Waals surface area contributed by atoms with Gasteiger partial charge in [0.25, 0.3) is 0 Å². The molecule has 0 radical (unpaired) electrons. The molecule has 1 fully saturated rings. The van der Waals surface area contributed by atoms with Gasteiger partial charge in [-0.1, -0.05) is 51.1 Å². The lowest BCUT2D eigenvalue weighted by Crippen LogP contribution is -2.58. The molecule has 0 bridgehead atoms. The molecule has 0 spiro atoms. The molecule has 0 aromatic heterocycles. The van der Waals surface area contributed by atoms with Gasteiger partial charge in [0.15, 0.2) is 0 Å². The highest BCUT2D eigenvalue weighted by molar-refractivity contribution is 5.27. The second-order valence-corrected chi connectivity index (χ2v) is 6.33. The van der Waals surface area contributed by atoms with Crippen LogP contribution in [0.4, 0.5) is 0 Å². The van der Waals surface area contributed by atoms with Gasteiger partial charge in [-0.25, -0.2) is 0 Å². The minimum absolute atomic E-state index is 0.123. The molecule has 4 unspecified atom stereocenters. The third kappa shape index (κ3) is 2.77. The van der Waals surface area contributed by atoms with Crippen LogP contribution in [-0.4, -0.2) is 29.6 Å². The van der Waals surface area contributed by atoms with E-state index in [1.54, 1.807) is 0 Å². The van der Waals surface area contributed by atoms with Crippen molar-refractivity contribution in [2.45, 2.75) is 58.0 Å². The van der Waals surface area contributed by atoms with Crippen molar-refractivity contribution in [2.75, 3.05) is 13.1 Å². The zero-order valence-electron chi connectivity index (χ0n) is 13.5. The summed E-state index contributed by atoms with van der Waals surface area (Å²) in [5.41, 5.74) is 8.29. The van der Waals surface area contributed by atoms with Gasteiger partial charge in [0, 0.05) is 11.6 Å². The first-order valence-electron chi connectivity index (χ1n) is 8.14. The summed E-state index contributed by atoms with van der Waals surface area (Å²) in [6, 6.07) is 11.1. The summed E-state index contributed by atoms with van der Waals surface area (Å²) < 4.78 is 0. The summed E-state index contributed by atoms with van der Waals surface area (Å²) in [7, 11) is 0. The van der Waals surface area contributed by atoms with E-state index in [1.807, 2.05) is 0 Å². The van der Waals surface area contributed by atoms with E-state index in [2.05, 4.69) is 62.9 Å². The van der Waals surface area contributed by atoms with Gasteiger partial charge < -0.3 is 5.73 Å². The standard InChI is InChI=1S/C18H30N2/c1-5-18(4,20(6-2)7-3)17(19)16-13-15(16)14-11-9-8-10-12-14/h8-12,15-17H,5-7,13,19H2,1-4H3. The van der Waals surface area contributed by atoms with Crippen molar-refractivity contribution in [3.05, 3.63) is 35.9 Å². The molecule has 1 aliphatic carbocycles. The number of hydrogen-bond acceptors (Lipinski definition) is 2. The van der Waals surface area contributed by atoms with Gasteiger partial charge >= 0.3 is 0 Å². The number of likely N-dealkylation sites (N-methyl/N-ethyl adjacent to an activating group) is 1. The number of rotatable bonds is 7. The van der Waals surface area contributed by atoms with Crippen molar-refractivity contribution in [3.63, 3.8) is 0 Å². The number of hydrogen-bond donors (Lipinski definition) is 1. The van der Waals surface area contributed by atoms with Crippen molar-refractivity contribution in [1.29, 1.82) is 0 Å². The lowest BCUT2D eigenvalue weighted by molar-refractivity contribution is 0.0761. The molecule has 2 heteroatoms. The quantitative estimate of drug-likeness (QED) is 0.822. The summed E-state index contributed by atoms with van der Waals surface area (Å²) in [5.74, 6) is 1.32. The molecule has 2 nitrogen and oxygen atoms in total. The van der Waals surface area contributed by atoms with Crippen LogP contribution in [0.25, 0.3) is 0 Å². The number of nitrogens with zero attached hydrogens (tertiary/aromatic N) is 1. The van der Waals surface area contributed by atoms with Crippen molar-refractivity contribution >= 4 is 0 Å². The molecule has 0 heterocycles. The molecule has 0 amide bonds. The molecule has 1 aliphatic rings. The van der Waals surface area contributed by atoms with Crippen molar-refractivity contribution in [3.8, 4) is 0 Å². The maximum Gasteiger partial charge on any atom is 0.0332 e. The Balaban J connectivity index is 2.10. The van der Waals surface area contributed by atoms with Gasteiger partial charge in [0.1, 0.15) is 0 Å². The molecule has 20 heavy (non-hydrogen) atoms. The van der Waals surface area contributed by atoms with E-state index in [4.69, 9.17) is 5.73 Å². The van der Waals surface area contributed by atoms with Crippen LogP contribution < -0.4 is 5.73 Å². The zero-order chi connectivity index (χ0) is 14.8. The van der Waals surface area contributed by atoms with E-state index >= 15 is 0 Å². The topological polar surface area (TPSA) is 29.3 Å². The molecule has 112 valence electrons. The summed E-state index contributed by atoms with van der Waals surface area (Å²) >= 11 is 0. The molecule has 2 N–H and O–H groups in total. The summed E-state index contributed by atoms with van der Waals surface area (Å²) in [4.78, 5) is 2.54. The molecule has 1 aromatic rings. The molecule has 0 aliphatic heterocycles. The Hall–Kier alpha value is -0.860. The Bertz CT molecular complexity index is 413. The Labute approximate surface area is 124 Å². The molecular weight excluding hydrogens is 244 g/mol. The van der Waals surface area contributed by atoms with Crippen molar-refractivity contribution in [2.24, 2.45) is 11.7 Å². The van der Waals surface area contributed by atoms with Gasteiger partial charge in [0.05, 0.1) is 0 Å². The molecular formula is C18H30N2. The normalized spacial score (nSPS) is 26.3. The van der Waals surface area contributed by atoms with Gasteiger partial charge in [0.2, 0.25) is 0 Å². The monoisotopic (exact) mass is 274 g/mol. The van der Waals surface area contributed by atoms with Crippen LogP contribution in [-0.2, 0) is 0 Å². The maximum atomic E-state index is 6.71. The van der Waals surface area contributed by atoms with Gasteiger partial charge in [-0.3, -0.25) is 4.90 Å². The van der Waals surface area contributed by atoms with E-state index in [1.165, 1.54) is 12.0 Å². The summed E-state index contributed by atoms with van der Waals surface area (Å²) in [5, 5.41) is 0. The third-order valence-electron chi connectivity index (χ3n) is 5.45. The lowest BCUT2D eigenvalue weighted by atomic mass is 9.83. The minimum Gasteiger partial charge on any atom is -0.326 e. The molecule has 1 saturated carbocycles. The second-order valence-electron chi connectivity index (χ2n) is 6.33. The largest absolute Gasteiger partial charge is 0.326 e. The summed E-state index contributed by atoms with van der Waals surface area (Å²) in [6.45, 7) is 11.3. The van der Waals surface area contributed by atoms with Crippen LogP contribution in [0.3, 0.4) is 0 Å². The lowest BCUT2D eigenvalue weighted by Gasteiger charge is -2.44. The second kappa shape index (κ2) is 6.28. The number of benzene rings is 1. The Morgan fingerprint density at radius 3 is 2.30 bits per heavy atom. The van der Waals surface area contributed by atoms with Crippen LogP contribution in [0.2, 0.25) is 0 Å². The maximum absolute atomic E-state index is 6.71. The van der Waals surface area contributed by atoms with E-state index in [0.717, 1.165) is 19.5 Å². The number of nitrogens with two attached hydrogens (primary N) is 1. The third-order valence-corrected chi connectivity index (χ3v) is 5.45. The van der Waals surface area contributed by atoms with Gasteiger partial charge in [-0.15, -0.1) is 0 Å². The Morgan fingerprint density at radius 1 is 1.20 bits per heavy atom. The van der Waals surface area contributed by atoms with E-state index in [-0.39, 0.29) is 11.6 Å². The van der Waals surface area contributed by atoms with Crippen LogP contribution in [0, 0.1) is 5.92 Å². The Morgan fingerprint density at radius 2 is 1.80 bits per heavy atom. The van der Waals surface area contributed by atoms with Gasteiger partial charge in [-0.2, -0.15) is 0 Å².